The third kappa shape index (κ3) is 3.14. The van der Waals surface area contributed by atoms with Gasteiger partial charge in [0.05, 0.1) is 12.3 Å². The summed E-state index contributed by atoms with van der Waals surface area (Å²) in [6, 6.07) is 0. The molecule has 80 valence electrons. The molecule has 3 nitrogen and oxygen atoms in total. The number of hydrogen-bond acceptors (Lipinski definition) is 2. The van der Waals surface area contributed by atoms with Gasteiger partial charge in [-0.15, -0.1) is 0 Å². The van der Waals surface area contributed by atoms with Crippen LogP contribution in [0.5, 0.6) is 0 Å². The smallest absolute Gasteiger partial charge is 0.0568 e. The predicted molar refractivity (Wildman–Crippen MR) is 57.0 cm³/mol. The molecule has 0 spiro atoms. The second kappa shape index (κ2) is 5.15. The van der Waals surface area contributed by atoms with E-state index in [0.717, 1.165) is 19.3 Å². The minimum atomic E-state index is -0.180. The van der Waals surface area contributed by atoms with Crippen LogP contribution in [-0.4, -0.2) is 21.0 Å². The van der Waals surface area contributed by atoms with Crippen LogP contribution in [0.3, 0.4) is 0 Å². The zero-order valence-corrected chi connectivity index (χ0v) is 9.27. The minimum Gasteiger partial charge on any atom is -0.393 e. The molecule has 0 aliphatic carbocycles. The summed E-state index contributed by atoms with van der Waals surface area (Å²) in [7, 11) is 1.91. The third-order valence-corrected chi connectivity index (χ3v) is 2.79. The highest BCUT2D eigenvalue weighted by Crippen LogP contribution is 2.13. The van der Waals surface area contributed by atoms with Gasteiger partial charge in [0.1, 0.15) is 0 Å². The normalized spacial score (nSPS) is 15.4. The molecule has 0 saturated carbocycles. The van der Waals surface area contributed by atoms with E-state index in [9.17, 15) is 5.11 Å². The summed E-state index contributed by atoms with van der Waals surface area (Å²) in [6.45, 7) is 4.20. The van der Waals surface area contributed by atoms with E-state index in [4.69, 9.17) is 0 Å². The molecule has 3 heteroatoms. The molecule has 1 aromatic heterocycles. The molecule has 0 aromatic carbocycles. The molecule has 0 aliphatic rings. The van der Waals surface area contributed by atoms with Gasteiger partial charge in [0, 0.05) is 13.2 Å². The number of rotatable bonds is 5. The summed E-state index contributed by atoms with van der Waals surface area (Å²) in [5.74, 6) is 0.395. The van der Waals surface area contributed by atoms with Crippen molar-refractivity contribution in [2.45, 2.75) is 39.2 Å². The van der Waals surface area contributed by atoms with Crippen molar-refractivity contribution in [1.29, 1.82) is 0 Å². The Morgan fingerprint density at radius 1 is 1.57 bits per heavy atom. The molecule has 1 heterocycles. The Labute approximate surface area is 85.8 Å². The number of aliphatic hydroxyl groups is 1. The number of aromatic nitrogens is 2. The average Bonchev–Trinajstić information content (AvgIpc) is 2.59. The van der Waals surface area contributed by atoms with E-state index < -0.39 is 0 Å². The second-order valence-electron chi connectivity index (χ2n) is 4.01. The van der Waals surface area contributed by atoms with E-state index in [1.807, 2.05) is 19.4 Å². The highest BCUT2D eigenvalue weighted by Gasteiger charge is 2.12. The van der Waals surface area contributed by atoms with Crippen molar-refractivity contribution in [3.63, 3.8) is 0 Å². The van der Waals surface area contributed by atoms with Crippen molar-refractivity contribution < 1.29 is 5.11 Å². The molecule has 0 saturated heterocycles. The van der Waals surface area contributed by atoms with E-state index in [0.29, 0.717) is 5.92 Å². The number of hydrogen-bond donors (Lipinski definition) is 1. The van der Waals surface area contributed by atoms with Gasteiger partial charge in [0.15, 0.2) is 0 Å². The average molecular weight is 196 g/mol. The Bertz CT molecular complexity index is 270. The van der Waals surface area contributed by atoms with Crippen LogP contribution in [0.25, 0.3) is 0 Å². The van der Waals surface area contributed by atoms with Gasteiger partial charge in [-0.3, -0.25) is 4.68 Å². The summed E-state index contributed by atoms with van der Waals surface area (Å²) in [6.07, 6.45) is 6.47. The van der Waals surface area contributed by atoms with Gasteiger partial charge < -0.3 is 5.11 Å². The van der Waals surface area contributed by atoms with Crippen LogP contribution in [0.1, 0.15) is 32.3 Å². The predicted octanol–water partition coefficient (Wildman–Crippen LogP) is 1.76. The number of aliphatic hydroxyl groups excluding tert-OH is 1. The largest absolute Gasteiger partial charge is 0.393 e. The van der Waals surface area contributed by atoms with Gasteiger partial charge in [0.2, 0.25) is 0 Å². The van der Waals surface area contributed by atoms with Gasteiger partial charge in [0.25, 0.3) is 0 Å². The van der Waals surface area contributed by atoms with Crippen molar-refractivity contribution in [1.82, 2.24) is 9.78 Å². The van der Waals surface area contributed by atoms with E-state index in [1.165, 1.54) is 5.56 Å². The molecule has 14 heavy (non-hydrogen) atoms. The molecule has 1 aromatic rings. The lowest BCUT2D eigenvalue weighted by Gasteiger charge is -2.16. The molecule has 0 bridgehead atoms. The van der Waals surface area contributed by atoms with Crippen LogP contribution in [-0.2, 0) is 13.5 Å². The first-order chi connectivity index (χ1) is 6.63. The van der Waals surface area contributed by atoms with Crippen LogP contribution >= 0.6 is 0 Å². The number of aryl methyl sites for hydroxylation is 2. The molecule has 0 aliphatic heterocycles. The maximum Gasteiger partial charge on any atom is 0.0568 e. The summed E-state index contributed by atoms with van der Waals surface area (Å²) in [5.41, 5.74) is 1.20. The molecule has 2 unspecified atom stereocenters. The van der Waals surface area contributed by atoms with Gasteiger partial charge >= 0.3 is 0 Å². The Morgan fingerprint density at radius 3 is 2.79 bits per heavy atom. The topological polar surface area (TPSA) is 38.1 Å². The highest BCUT2D eigenvalue weighted by atomic mass is 16.3. The quantitative estimate of drug-likeness (QED) is 0.779. The summed E-state index contributed by atoms with van der Waals surface area (Å²) in [4.78, 5) is 0. The molecule has 0 radical (unpaired) electrons. The Balaban J connectivity index is 2.33. The first kappa shape index (κ1) is 11.2. The van der Waals surface area contributed by atoms with E-state index in [-0.39, 0.29) is 6.10 Å². The Morgan fingerprint density at radius 2 is 2.29 bits per heavy atom. The standard InChI is InChI=1S/C11H20N2O/c1-4-9(2)11(14)6-5-10-7-12-13(3)8-10/h7-9,11,14H,4-6H2,1-3H3. The lowest BCUT2D eigenvalue weighted by Crippen LogP contribution is -2.17. The van der Waals surface area contributed by atoms with Crippen LogP contribution in [0.4, 0.5) is 0 Å². The zero-order valence-electron chi connectivity index (χ0n) is 9.27. The molecular weight excluding hydrogens is 176 g/mol. The molecule has 0 fully saturated rings. The fourth-order valence-electron chi connectivity index (χ4n) is 1.47. The van der Waals surface area contributed by atoms with Crippen molar-refractivity contribution in [3.05, 3.63) is 18.0 Å². The van der Waals surface area contributed by atoms with Gasteiger partial charge in [-0.25, -0.2) is 0 Å². The van der Waals surface area contributed by atoms with Gasteiger partial charge in [-0.05, 0) is 24.3 Å². The fourth-order valence-corrected chi connectivity index (χ4v) is 1.47. The van der Waals surface area contributed by atoms with Crippen LogP contribution in [0.15, 0.2) is 12.4 Å². The third-order valence-electron chi connectivity index (χ3n) is 2.79. The van der Waals surface area contributed by atoms with Crippen LogP contribution < -0.4 is 0 Å². The van der Waals surface area contributed by atoms with E-state index in [2.05, 4.69) is 18.9 Å². The van der Waals surface area contributed by atoms with E-state index in [1.54, 1.807) is 4.68 Å². The van der Waals surface area contributed by atoms with Crippen molar-refractivity contribution in [2.75, 3.05) is 0 Å². The molecule has 1 N–H and O–H groups in total. The van der Waals surface area contributed by atoms with Gasteiger partial charge in [-0.1, -0.05) is 20.3 Å². The van der Waals surface area contributed by atoms with E-state index >= 15 is 0 Å². The molecule has 1 rings (SSSR count). The summed E-state index contributed by atoms with van der Waals surface area (Å²) in [5, 5.41) is 13.9. The molecular formula is C11H20N2O. The lowest BCUT2D eigenvalue weighted by atomic mass is 9.97. The lowest BCUT2D eigenvalue weighted by molar-refractivity contribution is 0.106. The Kier molecular flexibility index (Phi) is 4.14. The van der Waals surface area contributed by atoms with Crippen LogP contribution in [0.2, 0.25) is 0 Å². The Hall–Kier alpha value is -0.830. The minimum absolute atomic E-state index is 0.180. The SMILES string of the molecule is CCC(C)C(O)CCc1cnn(C)c1. The maximum atomic E-state index is 9.76. The number of nitrogens with zero attached hydrogens (tertiary/aromatic N) is 2. The summed E-state index contributed by atoms with van der Waals surface area (Å²) < 4.78 is 1.80. The first-order valence-electron chi connectivity index (χ1n) is 5.29. The highest BCUT2D eigenvalue weighted by molar-refractivity contribution is 5.03. The maximum absolute atomic E-state index is 9.76. The summed E-state index contributed by atoms with van der Waals surface area (Å²) >= 11 is 0. The first-order valence-corrected chi connectivity index (χ1v) is 5.29. The molecule has 0 amide bonds. The van der Waals surface area contributed by atoms with Crippen molar-refractivity contribution in [3.8, 4) is 0 Å². The van der Waals surface area contributed by atoms with Crippen molar-refractivity contribution in [2.24, 2.45) is 13.0 Å². The monoisotopic (exact) mass is 196 g/mol. The second-order valence-corrected chi connectivity index (χ2v) is 4.01. The van der Waals surface area contributed by atoms with Crippen molar-refractivity contribution >= 4 is 0 Å². The zero-order chi connectivity index (χ0) is 10.6. The van der Waals surface area contributed by atoms with Crippen LogP contribution in [0, 0.1) is 5.92 Å². The van der Waals surface area contributed by atoms with Gasteiger partial charge in [-0.2, -0.15) is 5.10 Å². The fraction of sp³-hybridized carbons (Fsp3) is 0.727. The molecule has 2 atom stereocenters.